The van der Waals surface area contributed by atoms with E-state index in [2.05, 4.69) is 10.2 Å². The first-order valence-electron chi connectivity index (χ1n) is 5.47. The van der Waals surface area contributed by atoms with E-state index in [0.717, 1.165) is 26.1 Å². The van der Waals surface area contributed by atoms with Crippen molar-refractivity contribution in [3.05, 3.63) is 0 Å². The molecule has 76 valence electrons. The summed E-state index contributed by atoms with van der Waals surface area (Å²) in [5.74, 6) is 0.501. The van der Waals surface area contributed by atoms with Gasteiger partial charge in [0.15, 0.2) is 0 Å². The minimum Gasteiger partial charge on any atom is -0.391 e. The molecule has 2 aliphatic rings. The number of likely N-dealkylation sites (tertiary alicyclic amines) is 1. The molecule has 0 bridgehead atoms. The summed E-state index contributed by atoms with van der Waals surface area (Å²) in [4.78, 5) is 2.39. The Kier molecular flexibility index (Phi) is 3.19. The SMILES string of the molecule is OC(CN1CCCC1)C1CCNC1. The zero-order chi connectivity index (χ0) is 9.10. The van der Waals surface area contributed by atoms with Crippen LogP contribution >= 0.6 is 0 Å². The third-order valence-corrected chi connectivity index (χ3v) is 3.29. The summed E-state index contributed by atoms with van der Waals surface area (Å²) >= 11 is 0. The maximum absolute atomic E-state index is 9.93. The van der Waals surface area contributed by atoms with Gasteiger partial charge in [0.05, 0.1) is 6.10 Å². The zero-order valence-electron chi connectivity index (χ0n) is 8.21. The summed E-state index contributed by atoms with van der Waals surface area (Å²) in [5, 5.41) is 13.2. The van der Waals surface area contributed by atoms with Crippen molar-refractivity contribution in [1.82, 2.24) is 10.2 Å². The van der Waals surface area contributed by atoms with Crippen LogP contribution in [0.1, 0.15) is 19.3 Å². The molecule has 0 saturated carbocycles. The number of nitrogens with zero attached hydrogens (tertiary/aromatic N) is 1. The van der Waals surface area contributed by atoms with Crippen LogP contribution in [0.25, 0.3) is 0 Å². The molecule has 2 rings (SSSR count). The Balaban J connectivity index is 1.73. The van der Waals surface area contributed by atoms with Crippen molar-refractivity contribution in [3.8, 4) is 0 Å². The van der Waals surface area contributed by atoms with E-state index in [0.29, 0.717) is 5.92 Å². The van der Waals surface area contributed by atoms with Gasteiger partial charge in [0, 0.05) is 13.1 Å². The molecule has 3 nitrogen and oxygen atoms in total. The quantitative estimate of drug-likeness (QED) is 0.651. The van der Waals surface area contributed by atoms with Gasteiger partial charge < -0.3 is 15.3 Å². The molecular weight excluding hydrogens is 164 g/mol. The number of hydrogen-bond acceptors (Lipinski definition) is 3. The molecule has 13 heavy (non-hydrogen) atoms. The van der Waals surface area contributed by atoms with Crippen LogP contribution in [0.5, 0.6) is 0 Å². The summed E-state index contributed by atoms with van der Waals surface area (Å²) in [6, 6.07) is 0. The van der Waals surface area contributed by atoms with Crippen molar-refractivity contribution in [2.75, 3.05) is 32.7 Å². The first-order chi connectivity index (χ1) is 6.36. The molecule has 0 aromatic carbocycles. The molecule has 0 spiro atoms. The molecule has 2 unspecified atom stereocenters. The second-order valence-corrected chi connectivity index (χ2v) is 4.33. The van der Waals surface area contributed by atoms with Gasteiger partial charge in [-0.2, -0.15) is 0 Å². The maximum atomic E-state index is 9.93. The van der Waals surface area contributed by atoms with Crippen molar-refractivity contribution in [1.29, 1.82) is 0 Å². The van der Waals surface area contributed by atoms with Crippen molar-refractivity contribution >= 4 is 0 Å². The predicted octanol–water partition coefficient (Wildman–Crippen LogP) is 0.0526. The molecule has 3 heteroatoms. The average Bonchev–Trinajstić information content (AvgIpc) is 2.74. The lowest BCUT2D eigenvalue weighted by atomic mass is 10.0. The highest BCUT2D eigenvalue weighted by Gasteiger charge is 2.25. The third kappa shape index (κ3) is 2.42. The molecule has 2 N–H and O–H groups in total. The first kappa shape index (κ1) is 9.44. The summed E-state index contributed by atoms with van der Waals surface area (Å²) in [5.41, 5.74) is 0. The average molecular weight is 184 g/mol. The smallest absolute Gasteiger partial charge is 0.0707 e. The molecule has 2 saturated heterocycles. The highest BCUT2D eigenvalue weighted by molar-refractivity contribution is 4.81. The van der Waals surface area contributed by atoms with Gasteiger partial charge in [-0.1, -0.05) is 0 Å². The van der Waals surface area contributed by atoms with Crippen molar-refractivity contribution in [2.45, 2.75) is 25.4 Å². The third-order valence-electron chi connectivity index (χ3n) is 3.29. The lowest BCUT2D eigenvalue weighted by Gasteiger charge is -2.23. The molecule has 2 aliphatic heterocycles. The van der Waals surface area contributed by atoms with Crippen LogP contribution in [0.4, 0.5) is 0 Å². The number of nitrogens with one attached hydrogen (secondary N) is 1. The van der Waals surface area contributed by atoms with Crippen LogP contribution < -0.4 is 5.32 Å². The standard InChI is InChI=1S/C10H20N2O/c13-10(9-3-4-11-7-9)8-12-5-1-2-6-12/h9-11,13H,1-8H2. The van der Waals surface area contributed by atoms with E-state index in [4.69, 9.17) is 0 Å². The van der Waals surface area contributed by atoms with Crippen LogP contribution in [0, 0.1) is 5.92 Å². The summed E-state index contributed by atoms with van der Waals surface area (Å²) in [7, 11) is 0. The Morgan fingerprint density at radius 3 is 2.77 bits per heavy atom. The van der Waals surface area contributed by atoms with E-state index in [1.165, 1.54) is 25.9 Å². The van der Waals surface area contributed by atoms with Gasteiger partial charge in [0.25, 0.3) is 0 Å². The largest absolute Gasteiger partial charge is 0.391 e. The predicted molar refractivity (Wildman–Crippen MR) is 52.7 cm³/mol. The minimum atomic E-state index is -0.104. The number of hydrogen-bond donors (Lipinski definition) is 2. The van der Waals surface area contributed by atoms with Gasteiger partial charge in [-0.05, 0) is 44.8 Å². The van der Waals surface area contributed by atoms with Gasteiger partial charge in [0.1, 0.15) is 0 Å². The summed E-state index contributed by atoms with van der Waals surface area (Å²) < 4.78 is 0. The fourth-order valence-corrected chi connectivity index (χ4v) is 2.38. The van der Waals surface area contributed by atoms with E-state index in [1.54, 1.807) is 0 Å². The normalized spacial score (nSPS) is 32.5. The van der Waals surface area contributed by atoms with E-state index < -0.39 is 0 Å². The number of aliphatic hydroxyl groups excluding tert-OH is 1. The molecule has 2 fully saturated rings. The summed E-state index contributed by atoms with van der Waals surface area (Å²) in [6.07, 6.45) is 3.67. The highest BCUT2D eigenvalue weighted by Crippen LogP contribution is 2.16. The van der Waals surface area contributed by atoms with Crippen LogP contribution in [0.3, 0.4) is 0 Å². The van der Waals surface area contributed by atoms with Gasteiger partial charge in [-0.3, -0.25) is 0 Å². The highest BCUT2D eigenvalue weighted by atomic mass is 16.3. The molecular formula is C10H20N2O. The van der Waals surface area contributed by atoms with Crippen molar-refractivity contribution in [2.24, 2.45) is 5.92 Å². The monoisotopic (exact) mass is 184 g/mol. The lowest BCUT2D eigenvalue weighted by molar-refractivity contribution is 0.0791. The molecule has 0 aromatic heterocycles. The van der Waals surface area contributed by atoms with Crippen molar-refractivity contribution in [3.63, 3.8) is 0 Å². The van der Waals surface area contributed by atoms with E-state index in [9.17, 15) is 5.11 Å². The molecule has 0 amide bonds. The Bertz CT molecular complexity index is 151. The van der Waals surface area contributed by atoms with Gasteiger partial charge in [-0.15, -0.1) is 0 Å². The minimum absolute atomic E-state index is 0.104. The number of aliphatic hydroxyl groups is 1. The number of β-amino-alcohol motifs (C(OH)–C–C–N with tert-alkyl or cyclic N) is 1. The number of rotatable bonds is 3. The molecule has 0 aliphatic carbocycles. The summed E-state index contributed by atoms with van der Waals surface area (Å²) in [6.45, 7) is 5.37. The van der Waals surface area contributed by atoms with E-state index in [1.807, 2.05) is 0 Å². The topological polar surface area (TPSA) is 35.5 Å². The zero-order valence-corrected chi connectivity index (χ0v) is 8.21. The molecule has 0 aromatic rings. The van der Waals surface area contributed by atoms with Crippen LogP contribution in [0.15, 0.2) is 0 Å². The molecule has 2 heterocycles. The van der Waals surface area contributed by atoms with Crippen LogP contribution in [-0.2, 0) is 0 Å². The van der Waals surface area contributed by atoms with Crippen LogP contribution in [0.2, 0.25) is 0 Å². The second-order valence-electron chi connectivity index (χ2n) is 4.33. The van der Waals surface area contributed by atoms with Crippen LogP contribution in [-0.4, -0.2) is 48.8 Å². The fraction of sp³-hybridized carbons (Fsp3) is 1.00. The Labute approximate surface area is 80.1 Å². The maximum Gasteiger partial charge on any atom is 0.0707 e. The molecule has 2 atom stereocenters. The Hall–Kier alpha value is -0.120. The van der Waals surface area contributed by atoms with Gasteiger partial charge >= 0.3 is 0 Å². The van der Waals surface area contributed by atoms with Crippen molar-refractivity contribution < 1.29 is 5.11 Å². The second kappa shape index (κ2) is 4.40. The fourth-order valence-electron chi connectivity index (χ4n) is 2.38. The van der Waals surface area contributed by atoms with Gasteiger partial charge in [0.2, 0.25) is 0 Å². The van der Waals surface area contributed by atoms with E-state index >= 15 is 0 Å². The van der Waals surface area contributed by atoms with Gasteiger partial charge in [-0.25, -0.2) is 0 Å². The lowest BCUT2D eigenvalue weighted by Crippen LogP contribution is -2.35. The van der Waals surface area contributed by atoms with E-state index in [-0.39, 0.29) is 6.10 Å². The Morgan fingerprint density at radius 2 is 2.15 bits per heavy atom. The Morgan fingerprint density at radius 1 is 1.38 bits per heavy atom. The molecule has 0 radical (unpaired) electrons. The first-order valence-corrected chi connectivity index (χ1v) is 5.47.